The van der Waals surface area contributed by atoms with Crippen molar-refractivity contribution in [3.8, 4) is 11.5 Å². The third kappa shape index (κ3) is 4.50. The summed E-state index contributed by atoms with van der Waals surface area (Å²) in [6, 6.07) is 12.0. The number of carboxylic acid groups (broad SMARTS) is 1. The van der Waals surface area contributed by atoms with E-state index in [-0.39, 0.29) is 5.41 Å². The Labute approximate surface area is 159 Å². The first-order chi connectivity index (χ1) is 12.3. The highest BCUT2D eigenvalue weighted by atomic mass is 35.5. The van der Waals surface area contributed by atoms with Crippen molar-refractivity contribution in [1.82, 2.24) is 0 Å². The van der Waals surface area contributed by atoms with Gasteiger partial charge in [0.2, 0.25) is 0 Å². The van der Waals surface area contributed by atoms with Gasteiger partial charge in [-0.1, -0.05) is 43.5 Å². The van der Waals surface area contributed by atoms with E-state index in [9.17, 15) is 10.2 Å². The minimum atomic E-state index is -1.36. The van der Waals surface area contributed by atoms with E-state index in [1.54, 1.807) is 0 Å². The molecule has 2 aromatic rings. The summed E-state index contributed by atoms with van der Waals surface area (Å²) in [5.74, 6) is 0.716. The summed E-state index contributed by atoms with van der Waals surface area (Å²) >= 11 is 4.19. The van der Waals surface area contributed by atoms with Crippen LogP contribution in [-0.4, -0.2) is 20.7 Å². The highest BCUT2D eigenvalue weighted by Crippen LogP contribution is 2.46. The Hall–Kier alpha value is -2.20. The number of rotatable bonds is 2. The minimum absolute atomic E-state index is 0.00910. The van der Waals surface area contributed by atoms with Crippen molar-refractivity contribution in [3.05, 3.63) is 58.7 Å². The molecule has 0 aliphatic heterocycles. The van der Waals surface area contributed by atoms with Gasteiger partial charge in [-0.05, 0) is 61.1 Å². The zero-order chi connectivity index (χ0) is 19.3. The SMILES string of the molecule is Cc1cc(C2(c3ccc(O)c(C)c3)CCCCC2)ccc1O.O=C(O)Cl. The van der Waals surface area contributed by atoms with Gasteiger partial charge in [0, 0.05) is 17.0 Å². The molecule has 1 saturated carbocycles. The van der Waals surface area contributed by atoms with Crippen molar-refractivity contribution < 1.29 is 20.1 Å². The molecule has 1 aliphatic carbocycles. The molecule has 1 fully saturated rings. The summed E-state index contributed by atoms with van der Waals surface area (Å²) in [5, 5.41) is 26.9. The third-order valence-corrected chi connectivity index (χ3v) is 5.21. The zero-order valence-corrected chi connectivity index (χ0v) is 15.9. The molecule has 140 valence electrons. The van der Waals surface area contributed by atoms with Gasteiger partial charge in [0.25, 0.3) is 0 Å². The van der Waals surface area contributed by atoms with Gasteiger partial charge in [-0.3, -0.25) is 0 Å². The van der Waals surface area contributed by atoms with Crippen molar-refractivity contribution in [1.29, 1.82) is 0 Å². The van der Waals surface area contributed by atoms with Crippen LogP contribution in [-0.2, 0) is 5.41 Å². The van der Waals surface area contributed by atoms with Crippen molar-refractivity contribution >= 4 is 17.0 Å². The van der Waals surface area contributed by atoms with Gasteiger partial charge in [0.1, 0.15) is 11.5 Å². The third-order valence-electron chi connectivity index (χ3n) is 5.21. The molecule has 0 saturated heterocycles. The maximum atomic E-state index is 9.84. The Bertz CT molecular complexity index is 722. The molecule has 3 rings (SSSR count). The van der Waals surface area contributed by atoms with Gasteiger partial charge in [0.05, 0.1) is 0 Å². The molecule has 4 nitrogen and oxygen atoms in total. The number of phenols is 2. The Morgan fingerprint density at radius 3 is 1.62 bits per heavy atom. The standard InChI is InChI=1S/C20H24O2.CHClO2/c1-14-12-16(6-8-18(14)21)20(10-4-3-5-11-20)17-7-9-19(22)15(2)13-17;2-1(3)4/h6-9,12-13,21-22H,3-5,10-11H2,1-2H3;(H,3,4). The monoisotopic (exact) mass is 376 g/mol. The number of halogens is 1. The van der Waals surface area contributed by atoms with Crippen LogP contribution in [0, 0.1) is 13.8 Å². The Morgan fingerprint density at radius 1 is 0.885 bits per heavy atom. The lowest BCUT2D eigenvalue weighted by Crippen LogP contribution is -2.30. The molecule has 0 radical (unpaired) electrons. The highest BCUT2D eigenvalue weighted by Gasteiger charge is 2.36. The van der Waals surface area contributed by atoms with Crippen molar-refractivity contribution in [2.45, 2.75) is 51.4 Å². The molecule has 0 aromatic heterocycles. The number of hydrogen-bond donors (Lipinski definition) is 3. The molecule has 0 amide bonds. The molecule has 26 heavy (non-hydrogen) atoms. The summed E-state index contributed by atoms with van der Waals surface area (Å²) in [4.78, 5) is 8.77. The lowest BCUT2D eigenvalue weighted by molar-refractivity contribution is 0.220. The highest BCUT2D eigenvalue weighted by molar-refractivity contribution is 6.60. The van der Waals surface area contributed by atoms with E-state index in [1.165, 1.54) is 30.4 Å². The van der Waals surface area contributed by atoms with Crippen LogP contribution < -0.4 is 0 Å². The number of aryl methyl sites for hydroxylation is 2. The fraction of sp³-hybridized carbons (Fsp3) is 0.381. The van der Waals surface area contributed by atoms with Crippen molar-refractivity contribution in [2.24, 2.45) is 0 Å². The first kappa shape index (κ1) is 20.1. The molecule has 2 aromatic carbocycles. The molecule has 0 bridgehead atoms. The fourth-order valence-corrected chi connectivity index (χ4v) is 3.81. The molecule has 3 N–H and O–H groups in total. The maximum absolute atomic E-state index is 9.84. The van der Waals surface area contributed by atoms with E-state index in [1.807, 2.05) is 26.0 Å². The fourth-order valence-electron chi connectivity index (χ4n) is 3.81. The van der Waals surface area contributed by atoms with E-state index >= 15 is 0 Å². The van der Waals surface area contributed by atoms with Crippen LogP contribution in [0.1, 0.15) is 54.4 Å². The molecule has 1 aliphatic rings. The van der Waals surface area contributed by atoms with Gasteiger partial charge in [0.15, 0.2) is 0 Å². The Morgan fingerprint density at radius 2 is 1.27 bits per heavy atom. The van der Waals surface area contributed by atoms with Crippen LogP contribution in [0.4, 0.5) is 4.79 Å². The number of aromatic hydroxyl groups is 2. The summed E-state index contributed by atoms with van der Waals surface area (Å²) < 4.78 is 0. The second-order valence-corrected chi connectivity index (χ2v) is 7.22. The summed E-state index contributed by atoms with van der Waals surface area (Å²) in [6.07, 6.45) is 5.98. The second-order valence-electron chi connectivity index (χ2n) is 6.90. The maximum Gasteiger partial charge on any atom is 0.401 e. The average molecular weight is 377 g/mol. The van der Waals surface area contributed by atoms with Crippen LogP contribution in [0.3, 0.4) is 0 Å². The largest absolute Gasteiger partial charge is 0.508 e. The molecule has 0 atom stereocenters. The van der Waals surface area contributed by atoms with E-state index in [0.29, 0.717) is 11.5 Å². The van der Waals surface area contributed by atoms with E-state index < -0.39 is 5.43 Å². The molecular weight excluding hydrogens is 352 g/mol. The molecular formula is C21H25ClO4. The predicted molar refractivity (Wildman–Crippen MR) is 103 cm³/mol. The van der Waals surface area contributed by atoms with Crippen LogP contribution >= 0.6 is 11.6 Å². The number of hydrogen-bond acceptors (Lipinski definition) is 3. The topological polar surface area (TPSA) is 77.8 Å². The van der Waals surface area contributed by atoms with Crippen LogP contribution in [0.2, 0.25) is 0 Å². The summed E-state index contributed by atoms with van der Waals surface area (Å²) in [5.41, 5.74) is 3.07. The van der Waals surface area contributed by atoms with Crippen molar-refractivity contribution in [2.75, 3.05) is 0 Å². The molecule has 0 heterocycles. The summed E-state index contributed by atoms with van der Waals surface area (Å²) in [7, 11) is 0. The predicted octanol–water partition coefficient (Wildman–Crippen LogP) is 5.87. The summed E-state index contributed by atoms with van der Waals surface area (Å²) in [6.45, 7) is 3.91. The molecule has 0 unspecified atom stereocenters. The van der Waals surface area contributed by atoms with Gasteiger partial charge in [-0.15, -0.1) is 0 Å². The van der Waals surface area contributed by atoms with Gasteiger partial charge >= 0.3 is 5.43 Å². The zero-order valence-electron chi connectivity index (χ0n) is 15.1. The quantitative estimate of drug-likeness (QED) is 0.573. The number of phenolic OH excluding ortho intramolecular Hbond substituents is 2. The molecule has 0 spiro atoms. The van der Waals surface area contributed by atoms with Crippen LogP contribution in [0.25, 0.3) is 0 Å². The van der Waals surface area contributed by atoms with Crippen LogP contribution in [0.5, 0.6) is 11.5 Å². The molecule has 5 heteroatoms. The Kier molecular flexibility index (Phi) is 6.54. The second kappa shape index (κ2) is 8.45. The van der Waals surface area contributed by atoms with E-state index in [4.69, 9.17) is 9.90 Å². The first-order valence-corrected chi connectivity index (χ1v) is 9.13. The van der Waals surface area contributed by atoms with Gasteiger partial charge in [-0.25, -0.2) is 4.79 Å². The normalized spacial score (nSPS) is 15.7. The Balaban J connectivity index is 0.000000552. The van der Waals surface area contributed by atoms with E-state index in [2.05, 4.69) is 35.9 Å². The number of carbonyl (C=O) groups is 1. The lowest BCUT2D eigenvalue weighted by Gasteiger charge is -2.39. The first-order valence-electron chi connectivity index (χ1n) is 8.75. The van der Waals surface area contributed by atoms with E-state index in [0.717, 1.165) is 24.0 Å². The lowest BCUT2D eigenvalue weighted by atomic mass is 9.65. The van der Waals surface area contributed by atoms with Crippen LogP contribution in [0.15, 0.2) is 36.4 Å². The average Bonchev–Trinajstić information content (AvgIpc) is 2.60. The van der Waals surface area contributed by atoms with Crippen molar-refractivity contribution in [3.63, 3.8) is 0 Å². The van der Waals surface area contributed by atoms with Gasteiger partial charge < -0.3 is 15.3 Å². The minimum Gasteiger partial charge on any atom is -0.508 e. The number of benzene rings is 2. The van der Waals surface area contributed by atoms with Gasteiger partial charge in [-0.2, -0.15) is 0 Å². The smallest absolute Gasteiger partial charge is 0.401 e.